The first-order valence-corrected chi connectivity index (χ1v) is 9.26. The van der Waals surface area contributed by atoms with Gasteiger partial charge in [-0.05, 0) is 51.2 Å². The minimum Gasteiger partial charge on any atom is -0.331 e. The zero-order chi connectivity index (χ0) is 17.6. The van der Waals surface area contributed by atoms with E-state index in [1.807, 2.05) is 36.1 Å². The van der Waals surface area contributed by atoms with Crippen LogP contribution in [0.5, 0.6) is 0 Å². The van der Waals surface area contributed by atoms with Gasteiger partial charge >= 0.3 is 0 Å². The van der Waals surface area contributed by atoms with E-state index in [4.69, 9.17) is 0 Å². The lowest BCUT2D eigenvalue weighted by atomic mass is 9.85. The minimum absolute atomic E-state index is 0.0372. The molecule has 2 heterocycles. The van der Waals surface area contributed by atoms with Crippen LogP contribution in [-0.2, 0) is 0 Å². The number of carbonyl (C=O) groups excluding carboxylic acids is 1. The van der Waals surface area contributed by atoms with Crippen molar-refractivity contribution < 1.29 is 4.79 Å². The molecule has 1 aromatic carbocycles. The number of rotatable bonds is 2. The van der Waals surface area contributed by atoms with Gasteiger partial charge in [0.25, 0.3) is 11.5 Å². The molecule has 0 unspecified atom stereocenters. The molecule has 0 bridgehead atoms. The van der Waals surface area contributed by atoms with Gasteiger partial charge in [-0.15, -0.1) is 0 Å². The van der Waals surface area contributed by atoms with Crippen molar-refractivity contribution in [3.8, 4) is 5.69 Å². The van der Waals surface area contributed by atoms with Crippen LogP contribution in [0.2, 0.25) is 0 Å². The summed E-state index contributed by atoms with van der Waals surface area (Å²) in [7, 11) is 0. The molecule has 1 amide bonds. The Balaban J connectivity index is 1.64. The zero-order valence-corrected chi connectivity index (χ0v) is 14.9. The molecule has 1 N–H and O–H groups in total. The summed E-state index contributed by atoms with van der Waals surface area (Å²) in [4.78, 5) is 27.5. The van der Waals surface area contributed by atoms with E-state index in [0.29, 0.717) is 17.7 Å². The Morgan fingerprint density at radius 3 is 2.64 bits per heavy atom. The van der Waals surface area contributed by atoms with Crippen molar-refractivity contribution in [3.05, 3.63) is 51.9 Å². The van der Waals surface area contributed by atoms with Crippen molar-refractivity contribution in [2.45, 2.75) is 58.0 Å². The van der Waals surface area contributed by atoms with Crippen molar-refractivity contribution in [2.24, 2.45) is 5.92 Å². The average Bonchev–Trinajstić information content (AvgIpc) is 3.14. The Kier molecular flexibility index (Phi) is 4.02. The molecule has 0 spiro atoms. The smallest absolute Gasteiger partial charge is 0.272 e. The van der Waals surface area contributed by atoms with Crippen LogP contribution < -0.4 is 5.56 Å². The molecule has 1 saturated heterocycles. The highest BCUT2D eigenvalue weighted by Crippen LogP contribution is 2.40. The van der Waals surface area contributed by atoms with Gasteiger partial charge < -0.3 is 4.90 Å². The summed E-state index contributed by atoms with van der Waals surface area (Å²) >= 11 is 0. The second-order valence-electron chi connectivity index (χ2n) is 7.59. The Labute approximate surface area is 147 Å². The molecule has 1 saturated carbocycles. The van der Waals surface area contributed by atoms with Gasteiger partial charge in [-0.3, -0.25) is 14.7 Å². The Hall–Kier alpha value is -2.30. The standard InChI is InChI=1S/C20H25N3O2/c1-13-7-9-16(10-8-13)23-19(24)12-17(21-23)20(25)22-14(2)11-15-5-3-4-6-18(15)22/h7-10,12,14-15,18,21H,3-6,11H2,1-2H3/t14-,15-,18+/m1/s1. The van der Waals surface area contributed by atoms with E-state index in [1.165, 1.54) is 30.0 Å². The molecule has 5 heteroatoms. The predicted molar refractivity (Wildman–Crippen MR) is 97.1 cm³/mol. The summed E-state index contributed by atoms with van der Waals surface area (Å²) in [6, 6.07) is 9.70. The number of carbonyl (C=O) groups is 1. The largest absolute Gasteiger partial charge is 0.331 e. The van der Waals surface area contributed by atoms with Gasteiger partial charge in [0.15, 0.2) is 0 Å². The van der Waals surface area contributed by atoms with E-state index in [9.17, 15) is 9.59 Å². The van der Waals surface area contributed by atoms with Gasteiger partial charge in [0.05, 0.1) is 5.69 Å². The van der Waals surface area contributed by atoms with Gasteiger partial charge in [0.2, 0.25) is 0 Å². The molecule has 1 aromatic heterocycles. The van der Waals surface area contributed by atoms with Crippen molar-refractivity contribution >= 4 is 5.91 Å². The molecule has 4 rings (SSSR count). The fraction of sp³-hybridized carbons (Fsp3) is 0.500. The Morgan fingerprint density at radius 2 is 1.88 bits per heavy atom. The van der Waals surface area contributed by atoms with Crippen LogP contribution in [0.25, 0.3) is 5.69 Å². The van der Waals surface area contributed by atoms with Crippen molar-refractivity contribution in [2.75, 3.05) is 0 Å². The van der Waals surface area contributed by atoms with Crippen LogP contribution in [0.3, 0.4) is 0 Å². The van der Waals surface area contributed by atoms with Crippen LogP contribution in [0, 0.1) is 12.8 Å². The first-order valence-electron chi connectivity index (χ1n) is 9.26. The van der Waals surface area contributed by atoms with Gasteiger partial charge in [-0.25, -0.2) is 4.68 Å². The van der Waals surface area contributed by atoms with Crippen LogP contribution >= 0.6 is 0 Å². The third-order valence-corrected chi connectivity index (χ3v) is 5.82. The molecular formula is C20H25N3O2. The molecule has 0 radical (unpaired) electrons. The summed E-state index contributed by atoms with van der Waals surface area (Å²) in [6.07, 6.45) is 5.86. The van der Waals surface area contributed by atoms with Crippen LogP contribution in [0.1, 0.15) is 55.1 Å². The Morgan fingerprint density at radius 1 is 1.16 bits per heavy atom. The maximum atomic E-state index is 13.1. The summed E-state index contributed by atoms with van der Waals surface area (Å²) < 4.78 is 1.45. The molecule has 1 aliphatic heterocycles. The molecule has 3 atom stereocenters. The number of aromatic nitrogens is 2. The van der Waals surface area contributed by atoms with Crippen molar-refractivity contribution in [1.29, 1.82) is 0 Å². The number of nitrogens with one attached hydrogen (secondary N) is 1. The lowest BCUT2D eigenvalue weighted by Crippen LogP contribution is -2.42. The number of fused-ring (bicyclic) bond motifs is 1. The van der Waals surface area contributed by atoms with Crippen LogP contribution in [0.4, 0.5) is 0 Å². The number of aromatic amines is 1. The topological polar surface area (TPSA) is 58.1 Å². The van der Waals surface area contributed by atoms with Gasteiger partial charge in [-0.1, -0.05) is 30.5 Å². The molecular weight excluding hydrogens is 314 g/mol. The second kappa shape index (κ2) is 6.21. The highest BCUT2D eigenvalue weighted by Gasteiger charge is 2.43. The van der Waals surface area contributed by atoms with Crippen LogP contribution in [0.15, 0.2) is 35.1 Å². The zero-order valence-electron chi connectivity index (χ0n) is 14.9. The number of hydrogen-bond acceptors (Lipinski definition) is 2. The number of amides is 1. The summed E-state index contributed by atoms with van der Waals surface area (Å²) in [6.45, 7) is 4.14. The van der Waals surface area contributed by atoms with E-state index < -0.39 is 0 Å². The number of nitrogens with zero attached hydrogens (tertiary/aromatic N) is 2. The first-order chi connectivity index (χ1) is 12.0. The minimum atomic E-state index is -0.195. The average molecular weight is 339 g/mol. The highest BCUT2D eigenvalue weighted by molar-refractivity contribution is 5.93. The quantitative estimate of drug-likeness (QED) is 0.913. The summed E-state index contributed by atoms with van der Waals surface area (Å²) in [5, 5.41) is 3.02. The molecule has 2 aromatic rings. The van der Waals surface area contributed by atoms with Crippen LogP contribution in [-0.4, -0.2) is 32.7 Å². The molecule has 2 fully saturated rings. The fourth-order valence-electron chi connectivity index (χ4n) is 4.59. The van der Waals surface area contributed by atoms with Gasteiger partial charge in [-0.2, -0.15) is 0 Å². The van der Waals surface area contributed by atoms with E-state index in [0.717, 1.165) is 24.1 Å². The molecule has 25 heavy (non-hydrogen) atoms. The van der Waals surface area contributed by atoms with E-state index in [-0.39, 0.29) is 17.5 Å². The highest BCUT2D eigenvalue weighted by atomic mass is 16.2. The molecule has 1 aliphatic carbocycles. The van der Waals surface area contributed by atoms with Gasteiger partial charge in [0, 0.05) is 18.2 Å². The third kappa shape index (κ3) is 2.81. The van der Waals surface area contributed by atoms with Gasteiger partial charge in [0.1, 0.15) is 5.69 Å². The molecule has 2 aliphatic rings. The number of aryl methyl sites for hydroxylation is 1. The second-order valence-corrected chi connectivity index (χ2v) is 7.59. The normalized spacial score (nSPS) is 25.8. The first kappa shape index (κ1) is 16.2. The number of H-pyrrole nitrogens is 1. The third-order valence-electron chi connectivity index (χ3n) is 5.82. The fourth-order valence-corrected chi connectivity index (χ4v) is 4.59. The monoisotopic (exact) mass is 339 g/mol. The summed E-state index contributed by atoms with van der Waals surface area (Å²) in [5.74, 6) is 0.587. The SMILES string of the molecule is Cc1ccc(-n2[nH]c(C(=O)N3[C@H](C)C[C@H]4CCCC[C@@H]43)cc2=O)cc1. The van der Waals surface area contributed by atoms with Crippen molar-refractivity contribution in [3.63, 3.8) is 0 Å². The number of benzene rings is 1. The van der Waals surface area contributed by atoms with E-state index >= 15 is 0 Å². The maximum absolute atomic E-state index is 13.1. The number of hydrogen-bond donors (Lipinski definition) is 1. The molecule has 5 nitrogen and oxygen atoms in total. The van der Waals surface area contributed by atoms with E-state index in [1.54, 1.807) is 0 Å². The predicted octanol–water partition coefficient (Wildman–Crippen LogP) is 3.27. The summed E-state index contributed by atoms with van der Waals surface area (Å²) in [5.41, 5.74) is 2.08. The van der Waals surface area contributed by atoms with Crippen molar-refractivity contribution in [1.82, 2.24) is 14.7 Å². The van der Waals surface area contributed by atoms with E-state index in [2.05, 4.69) is 12.0 Å². The maximum Gasteiger partial charge on any atom is 0.272 e. The lowest BCUT2D eigenvalue weighted by molar-refractivity contribution is 0.0627. The Bertz CT molecular complexity index is 833. The molecule has 132 valence electrons. The number of likely N-dealkylation sites (tertiary alicyclic amines) is 1. The lowest BCUT2D eigenvalue weighted by Gasteiger charge is -2.32.